The Kier molecular flexibility index (Phi) is 7.40. The quantitative estimate of drug-likeness (QED) is 0.219. The van der Waals surface area contributed by atoms with Gasteiger partial charge in [-0.05, 0) is 55.6 Å². The molecule has 1 N–H and O–H groups in total. The number of piperidine rings is 1. The highest BCUT2D eigenvalue weighted by Crippen LogP contribution is 2.49. The van der Waals surface area contributed by atoms with E-state index in [4.69, 9.17) is 19.6 Å². The number of fused-ring (bicyclic) bond motifs is 1. The van der Waals surface area contributed by atoms with Crippen LogP contribution >= 0.6 is 11.3 Å². The Morgan fingerprint density at radius 3 is 2.81 bits per heavy atom. The molecular weight excluding hydrogens is 567 g/mol. The molecule has 0 unspecified atom stereocenters. The van der Waals surface area contributed by atoms with Gasteiger partial charge in [0.2, 0.25) is 5.91 Å². The van der Waals surface area contributed by atoms with Gasteiger partial charge in [0.25, 0.3) is 0 Å². The van der Waals surface area contributed by atoms with E-state index in [1.165, 1.54) is 31.1 Å². The molecule has 0 aliphatic carbocycles. The topological polar surface area (TPSA) is 84.8 Å². The molecule has 1 aromatic carbocycles. The summed E-state index contributed by atoms with van der Waals surface area (Å²) >= 11 is 1.66. The van der Waals surface area contributed by atoms with Gasteiger partial charge < -0.3 is 24.6 Å². The zero-order chi connectivity index (χ0) is 29.6. The van der Waals surface area contributed by atoms with Gasteiger partial charge in [0, 0.05) is 77.7 Å². The maximum Gasteiger partial charge on any atom is 0.246 e. The van der Waals surface area contributed by atoms with Crippen LogP contribution in [0.25, 0.3) is 32.5 Å². The smallest absolute Gasteiger partial charge is 0.246 e. The predicted molar refractivity (Wildman–Crippen MR) is 166 cm³/mol. The highest BCUT2D eigenvalue weighted by atomic mass is 32.1. The van der Waals surface area contributed by atoms with E-state index in [9.17, 15) is 9.18 Å². The SMILES string of the molecule is C=CC(=O)N1CC(n2cc(-c3nc(N4CC5(CCNCC5)C4)c4ccsc4c3-c3ccc(F)cc3OCCOC)cn2)C1. The Balaban J connectivity index is 1.32. The molecule has 43 heavy (non-hydrogen) atoms. The highest BCUT2D eigenvalue weighted by molar-refractivity contribution is 7.18. The first-order chi connectivity index (χ1) is 21.0. The number of nitrogens with zero attached hydrogens (tertiary/aromatic N) is 5. The average molecular weight is 603 g/mol. The van der Waals surface area contributed by atoms with Crippen molar-refractivity contribution < 1.29 is 18.7 Å². The minimum Gasteiger partial charge on any atom is -0.490 e. The number of likely N-dealkylation sites (tertiary alicyclic amines) is 1. The molecule has 3 aliphatic heterocycles. The van der Waals surface area contributed by atoms with Gasteiger partial charge in [-0.2, -0.15) is 5.10 Å². The van der Waals surface area contributed by atoms with E-state index in [1.54, 1.807) is 29.4 Å². The molecule has 7 rings (SSSR count). The maximum atomic E-state index is 14.5. The van der Waals surface area contributed by atoms with Crippen LogP contribution in [0.2, 0.25) is 0 Å². The summed E-state index contributed by atoms with van der Waals surface area (Å²) in [5, 5.41) is 11.4. The van der Waals surface area contributed by atoms with Crippen LogP contribution in [-0.2, 0) is 9.53 Å². The normalized spacial score (nSPS) is 18.1. The number of halogens is 1. The molecule has 3 aromatic heterocycles. The minimum absolute atomic E-state index is 0.0706. The number of carbonyl (C=O) groups is 1. The number of rotatable bonds is 9. The fraction of sp³-hybridized carbons (Fsp3) is 0.406. The van der Waals surface area contributed by atoms with Crippen LogP contribution in [0, 0.1) is 11.2 Å². The Bertz CT molecular complexity index is 1660. The van der Waals surface area contributed by atoms with Crippen molar-refractivity contribution in [3.63, 3.8) is 0 Å². The molecule has 3 aliphatic rings. The van der Waals surface area contributed by atoms with Crippen molar-refractivity contribution in [3.8, 4) is 28.1 Å². The standard InChI is InChI=1S/C32H35FN6O3S/c1-3-27(40)37-17-23(18-37)39-16-21(15-35-39)29-28(24-5-4-22(33)14-26(24)42-12-11-41-2)30-25(6-13-43-30)31(36-29)38-19-32(20-38)7-9-34-10-8-32/h3-6,13-16,23,34H,1,7-12,17-20H2,2H3. The second kappa shape index (κ2) is 11.4. The molecule has 6 heterocycles. The third-order valence-electron chi connectivity index (χ3n) is 8.96. The summed E-state index contributed by atoms with van der Waals surface area (Å²) in [7, 11) is 1.61. The van der Waals surface area contributed by atoms with Crippen LogP contribution in [0.3, 0.4) is 0 Å². The van der Waals surface area contributed by atoms with Crippen LogP contribution in [0.1, 0.15) is 18.9 Å². The van der Waals surface area contributed by atoms with Crippen LogP contribution in [0.15, 0.2) is 54.7 Å². The van der Waals surface area contributed by atoms with Crippen LogP contribution in [0.4, 0.5) is 10.2 Å². The molecule has 0 saturated carbocycles. The number of aromatic nitrogens is 3. The summed E-state index contributed by atoms with van der Waals surface area (Å²) < 4.78 is 28.8. The second-order valence-electron chi connectivity index (χ2n) is 11.7. The number of ether oxygens (including phenoxy) is 2. The third-order valence-corrected chi connectivity index (χ3v) is 9.89. The van der Waals surface area contributed by atoms with Crippen molar-refractivity contribution in [2.75, 3.05) is 64.5 Å². The van der Waals surface area contributed by atoms with Gasteiger partial charge in [0.1, 0.15) is 24.0 Å². The molecule has 4 aromatic rings. The van der Waals surface area contributed by atoms with Gasteiger partial charge in [-0.3, -0.25) is 9.48 Å². The summed E-state index contributed by atoms with van der Waals surface area (Å²) in [4.78, 5) is 21.5. The lowest BCUT2D eigenvalue weighted by Crippen LogP contribution is -2.60. The number of amides is 1. The van der Waals surface area contributed by atoms with Crippen LogP contribution in [0.5, 0.6) is 5.75 Å². The molecular formula is C32H35FN6O3S. The van der Waals surface area contributed by atoms with Crippen molar-refractivity contribution >= 4 is 33.1 Å². The van der Waals surface area contributed by atoms with Gasteiger partial charge in [0.05, 0.1) is 24.5 Å². The highest BCUT2D eigenvalue weighted by Gasteiger charge is 2.44. The summed E-state index contributed by atoms with van der Waals surface area (Å²) in [6.45, 7) is 9.55. The van der Waals surface area contributed by atoms with Gasteiger partial charge >= 0.3 is 0 Å². The Hall–Kier alpha value is -3.80. The fourth-order valence-corrected chi connectivity index (χ4v) is 7.49. The minimum atomic E-state index is -0.367. The largest absolute Gasteiger partial charge is 0.490 e. The summed E-state index contributed by atoms with van der Waals surface area (Å²) in [5.41, 5.74) is 3.66. The number of hydrogen-bond donors (Lipinski definition) is 1. The van der Waals surface area contributed by atoms with Gasteiger partial charge in [-0.15, -0.1) is 11.3 Å². The van der Waals surface area contributed by atoms with E-state index in [2.05, 4.69) is 28.2 Å². The van der Waals surface area contributed by atoms with E-state index >= 15 is 0 Å². The molecule has 9 nitrogen and oxygen atoms in total. The lowest BCUT2D eigenvalue weighted by molar-refractivity contribution is -0.131. The maximum absolute atomic E-state index is 14.5. The molecule has 1 spiro atoms. The number of anilines is 1. The fourth-order valence-electron chi connectivity index (χ4n) is 6.54. The van der Waals surface area contributed by atoms with Crippen LogP contribution < -0.4 is 15.0 Å². The van der Waals surface area contributed by atoms with Crippen molar-refractivity contribution in [1.29, 1.82) is 0 Å². The molecule has 11 heteroatoms. The van der Waals surface area contributed by atoms with Crippen molar-refractivity contribution in [3.05, 3.63) is 60.5 Å². The Labute approximate surface area is 253 Å². The van der Waals surface area contributed by atoms with Gasteiger partial charge in [0.15, 0.2) is 0 Å². The zero-order valence-corrected chi connectivity index (χ0v) is 25.0. The number of nitrogens with one attached hydrogen (secondary N) is 1. The Morgan fingerprint density at radius 1 is 1.23 bits per heavy atom. The second-order valence-corrected chi connectivity index (χ2v) is 12.6. The summed E-state index contributed by atoms with van der Waals surface area (Å²) in [6, 6.07) is 6.90. The lowest BCUT2D eigenvalue weighted by Gasteiger charge is -2.53. The average Bonchev–Trinajstić information content (AvgIpc) is 3.66. The number of pyridine rings is 1. The molecule has 1 amide bonds. The van der Waals surface area contributed by atoms with E-state index in [1.807, 2.05) is 17.1 Å². The number of methoxy groups -OCH3 is 1. The Morgan fingerprint density at radius 2 is 2.05 bits per heavy atom. The van der Waals surface area contributed by atoms with E-state index < -0.39 is 0 Å². The lowest BCUT2D eigenvalue weighted by atomic mass is 9.72. The summed E-state index contributed by atoms with van der Waals surface area (Å²) in [6.07, 6.45) is 7.55. The predicted octanol–water partition coefficient (Wildman–Crippen LogP) is 4.75. The van der Waals surface area contributed by atoms with E-state index in [0.29, 0.717) is 37.5 Å². The molecule has 224 valence electrons. The zero-order valence-electron chi connectivity index (χ0n) is 24.2. The number of hydrogen-bond acceptors (Lipinski definition) is 8. The molecule has 0 radical (unpaired) electrons. The molecule has 3 saturated heterocycles. The third kappa shape index (κ3) is 5.09. The van der Waals surface area contributed by atoms with Gasteiger partial charge in [-0.25, -0.2) is 9.37 Å². The van der Waals surface area contributed by atoms with Crippen molar-refractivity contribution in [2.45, 2.75) is 18.9 Å². The number of thiophene rings is 1. The molecule has 0 bridgehead atoms. The van der Waals surface area contributed by atoms with Crippen molar-refractivity contribution in [2.24, 2.45) is 5.41 Å². The first-order valence-corrected chi connectivity index (χ1v) is 15.6. The first kappa shape index (κ1) is 28.0. The summed E-state index contributed by atoms with van der Waals surface area (Å²) in [5.74, 6) is 0.986. The van der Waals surface area contributed by atoms with Crippen LogP contribution in [-0.4, -0.2) is 85.2 Å². The number of carbonyl (C=O) groups excluding carboxylic acids is 1. The van der Waals surface area contributed by atoms with E-state index in [-0.39, 0.29) is 17.8 Å². The molecule has 3 fully saturated rings. The monoisotopic (exact) mass is 602 g/mol. The first-order valence-electron chi connectivity index (χ1n) is 14.7. The number of benzene rings is 1. The van der Waals surface area contributed by atoms with E-state index in [0.717, 1.165) is 64.5 Å². The van der Waals surface area contributed by atoms with Crippen molar-refractivity contribution in [1.82, 2.24) is 25.0 Å². The van der Waals surface area contributed by atoms with Gasteiger partial charge in [-0.1, -0.05) is 6.58 Å². The molecule has 0 atom stereocenters.